The first-order chi connectivity index (χ1) is 9.54. The van der Waals surface area contributed by atoms with Gasteiger partial charge in [-0.2, -0.15) is 4.98 Å². The van der Waals surface area contributed by atoms with Crippen LogP contribution in [0.3, 0.4) is 0 Å². The number of anilines is 3. The van der Waals surface area contributed by atoms with Gasteiger partial charge in [0.25, 0.3) is 0 Å². The zero-order valence-electron chi connectivity index (χ0n) is 10.7. The molecule has 20 heavy (non-hydrogen) atoms. The van der Waals surface area contributed by atoms with E-state index in [-0.39, 0.29) is 17.5 Å². The molecular formula is C12H12BrN5O2. The maximum absolute atomic E-state index is 11.0. The molecule has 8 heteroatoms. The van der Waals surface area contributed by atoms with Crippen molar-refractivity contribution in [1.29, 1.82) is 0 Å². The molecule has 0 aliphatic heterocycles. The van der Waals surface area contributed by atoms with Crippen LogP contribution < -0.4 is 9.66 Å². The Labute approximate surface area is 123 Å². The summed E-state index contributed by atoms with van der Waals surface area (Å²) < 4.78 is 1.55. The number of rotatable bonds is 4. The van der Waals surface area contributed by atoms with Crippen LogP contribution in [0.25, 0.3) is 0 Å². The van der Waals surface area contributed by atoms with Gasteiger partial charge < -0.3 is 5.73 Å². The Bertz CT molecular complexity index is 635. The topological polar surface area (TPSA) is 98.2 Å². The molecule has 0 bridgehead atoms. The van der Waals surface area contributed by atoms with Crippen LogP contribution in [0, 0.1) is 10.1 Å². The number of para-hydroxylation sites is 1. The maximum atomic E-state index is 11.0. The van der Waals surface area contributed by atoms with Crippen molar-refractivity contribution in [3.8, 4) is 0 Å². The lowest BCUT2D eigenvalue weighted by Gasteiger charge is -2.15. The van der Waals surface area contributed by atoms with Gasteiger partial charge in [0.1, 0.15) is 5.69 Å². The summed E-state index contributed by atoms with van der Waals surface area (Å²) in [5.74, 6) is 0.119. The van der Waals surface area contributed by atoms with E-state index in [1.165, 1.54) is 0 Å². The van der Waals surface area contributed by atoms with Crippen LogP contribution in [0.4, 0.5) is 23.1 Å². The Morgan fingerprint density at radius 2 is 2.00 bits per heavy atom. The van der Waals surface area contributed by atoms with Crippen LogP contribution in [-0.2, 0) is 6.42 Å². The van der Waals surface area contributed by atoms with E-state index in [4.69, 9.17) is 5.73 Å². The lowest BCUT2D eigenvalue weighted by molar-refractivity contribution is -0.385. The third-order valence-corrected chi connectivity index (χ3v) is 3.37. The molecule has 0 atom stereocenters. The number of nitrogens with two attached hydrogens (primary N) is 1. The summed E-state index contributed by atoms with van der Waals surface area (Å²) in [7, 11) is 0. The zero-order valence-corrected chi connectivity index (χ0v) is 12.2. The number of hydrogen-bond donors (Lipinski definition) is 1. The van der Waals surface area contributed by atoms with Gasteiger partial charge in [0.2, 0.25) is 11.8 Å². The third-order valence-electron chi connectivity index (χ3n) is 2.65. The molecule has 0 amide bonds. The molecule has 0 radical (unpaired) electrons. The van der Waals surface area contributed by atoms with E-state index in [9.17, 15) is 10.1 Å². The molecule has 0 spiro atoms. The fourth-order valence-electron chi connectivity index (χ4n) is 1.71. The molecule has 7 nitrogen and oxygen atoms in total. The molecule has 0 saturated carbocycles. The van der Waals surface area contributed by atoms with Gasteiger partial charge in [-0.1, -0.05) is 25.1 Å². The number of nitrogen functional groups attached to an aromatic ring is 1. The van der Waals surface area contributed by atoms with Crippen LogP contribution in [0.15, 0.2) is 30.3 Å². The summed E-state index contributed by atoms with van der Waals surface area (Å²) >= 11 is 3.34. The summed E-state index contributed by atoms with van der Waals surface area (Å²) in [6, 6.07) is 9.30. The first-order valence-corrected chi connectivity index (χ1v) is 6.57. The molecule has 0 fully saturated rings. The third kappa shape index (κ3) is 2.69. The van der Waals surface area contributed by atoms with Gasteiger partial charge in [-0.05, 0) is 18.6 Å². The minimum atomic E-state index is -0.557. The first-order valence-electron chi connectivity index (χ1n) is 5.86. The summed E-state index contributed by atoms with van der Waals surface area (Å²) in [5, 5.41) is 11.0. The highest BCUT2D eigenvalue weighted by Crippen LogP contribution is 2.31. The van der Waals surface area contributed by atoms with Crippen molar-refractivity contribution in [2.45, 2.75) is 13.3 Å². The van der Waals surface area contributed by atoms with Crippen molar-refractivity contribution in [3.05, 3.63) is 46.1 Å². The van der Waals surface area contributed by atoms with Crippen molar-refractivity contribution in [1.82, 2.24) is 9.97 Å². The Hall–Kier alpha value is -2.22. The number of aromatic nitrogens is 2. The minimum Gasteiger partial charge on any atom is -0.378 e. The van der Waals surface area contributed by atoms with Gasteiger partial charge >= 0.3 is 5.69 Å². The SMILES string of the molecule is CCc1nc(N(Br)c2ccccc2)nc(N)c1[N+](=O)[O-]. The molecule has 1 aromatic heterocycles. The minimum absolute atomic E-state index is 0.141. The average molecular weight is 338 g/mol. The monoisotopic (exact) mass is 337 g/mol. The maximum Gasteiger partial charge on any atom is 0.332 e. The summed E-state index contributed by atoms with van der Waals surface area (Å²) in [6.07, 6.45) is 0.395. The number of nitrogens with zero attached hydrogens (tertiary/aromatic N) is 4. The average Bonchev–Trinajstić information content (AvgIpc) is 2.46. The van der Waals surface area contributed by atoms with Crippen LogP contribution in [0.5, 0.6) is 0 Å². The molecular weight excluding hydrogens is 326 g/mol. The molecule has 2 rings (SSSR count). The zero-order chi connectivity index (χ0) is 14.7. The highest BCUT2D eigenvalue weighted by Gasteiger charge is 2.23. The summed E-state index contributed by atoms with van der Waals surface area (Å²) in [5.41, 5.74) is 6.54. The number of nitro groups is 1. The summed E-state index contributed by atoms with van der Waals surface area (Å²) in [4.78, 5) is 18.6. The molecule has 1 aromatic carbocycles. The Kier molecular flexibility index (Phi) is 4.14. The lowest BCUT2D eigenvalue weighted by atomic mass is 10.2. The molecule has 0 unspecified atom stereocenters. The second-order valence-corrected chi connectivity index (χ2v) is 4.64. The van der Waals surface area contributed by atoms with Gasteiger partial charge in [0, 0.05) is 0 Å². The predicted molar refractivity (Wildman–Crippen MR) is 80.0 cm³/mol. The van der Waals surface area contributed by atoms with Crippen molar-refractivity contribution in [3.63, 3.8) is 0 Å². The van der Waals surface area contributed by atoms with E-state index in [2.05, 4.69) is 26.1 Å². The highest BCUT2D eigenvalue weighted by atomic mass is 79.9. The summed E-state index contributed by atoms with van der Waals surface area (Å²) in [6.45, 7) is 1.78. The number of hydrogen-bond acceptors (Lipinski definition) is 6. The molecule has 0 saturated heterocycles. The number of aryl methyl sites for hydroxylation is 1. The van der Waals surface area contributed by atoms with Crippen molar-refractivity contribution >= 4 is 39.3 Å². The molecule has 0 aliphatic rings. The second kappa shape index (κ2) is 5.83. The van der Waals surface area contributed by atoms with Crippen LogP contribution in [0.2, 0.25) is 0 Å². The van der Waals surface area contributed by atoms with E-state index in [0.717, 1.165) is 5.69 Å². The number of halogens is 1. The van der Waals surface area contributed by atoms with Crippen molar-refractivity contribution < 1.29 is 4.92 Å². The van der Waals surface area contributed by atoms with E-state index in [1.807, 2.05) is 30.3 Å². The van der Waals surface area contributed by atoms with Crippen molar-refractivity contribution in [2.75, 3.05) is 9.66 Å². The smallest absolute Gasteiger partial charge is 0.332 e. The van der Waals surface area contributed by atoms with Gasteiger partial charge in [-0.3, -0.25) is 10.1 Å². The molecule has 2 aromatic rings. The fraction of sp³-hybridized carbons (Fsp3) is 0.167. The largest absolute Gasteiger partial charge is 0.378 e. The Morgan fingerprint density at radius 1 is 1.35 bits per heavy atom. The first kappa shape index (κ1) is 14.2. The molecule has 0 aliphatic carbocycles. The Balaban J connectivity index is 2.49. The van der Waals surface area contributed by atoms with E-state index in [0.29, 0.717) is 12.1 Å². The normalized spacial score (nSPS) is 10.3. The molecule has 104 valence electrons. The second-order valence-electron chi connectivity index (χ2n) is 3.93. The van der Waals surface area contributed by atoms with Gasteiger partial charge in [-0.25, -0.2) is 8.91 Å². The van der Waals surface area contributed by atoms with E-state index < -0.39 is 4.92 Å². The van der Waals surface area contributed by atoms with Crippen LogP contribution in [0.1, 0.15) is 12.6 Å². The van der Waals surface area contributed by atoms with Gasteiger partial charge in [-0.15, -0.1) is 0 Å². The van der Waals surface area contributed by atoms with E-state index in [1.54, 1.807) is 10.8 Å². The van der Waals surface area contributed by atoms with Crippen molar-refractivity contribution in [2.24, 2.45) is 0 Å². The van der Waals surface area contributed by atoms with Crippen LogP contribution >= 0.6 is 16.1 Å². The van der Waals surface area contributed by atoms with E-state index >= 15 is 0 Å². The number of benzene rings is 1. The molecule has 1 heterocycles. The Morgan fingerprint density at radius 3 is 2.55 bits per heavy atom. The van der Waals surface area contributed by atoms with Crippen LogP contribution in [-0.4, -0.2) is 14.9 Å². The predicted octanol–water partition coefficient (Wildman–Crippen LogP) is 2.98. The lowest BCUT2D eigenvalue weighted by Crippen LogP contribution is -2.12. The van der Waals surface area contributed by atoms with Gasteiger partial charge in [0.15, 0.2) is 0 Å². The van der Waals surface area contributed by atoms with Gasteiger partial charge in [0.05, 0.1) is 26.8 Å². The molecule has 2 N–H and O–H groups in total. The fourth-order valence-corrected chi connectivity index (χ4v) is 2.11. The standard InChI is InChI=1S/C12H12BrN5O2/c1-2-9-10(18(19)20)11(14)16-12(15-9)17(13)8-6-4-3-5-7-8/h3-7H,2H2,1H3,(H2,14,15,16). The quantitative estimate of drug-likeness (QED) is 0.523. The highest BCUT2D eigenvalue weighted by molar-refractivity contribution is 9.10.